The summed E-state index contributed by atoms with van der Waals surface area (Å²) in [5.74, 6) is -0.0679. The van der Waals surface area contributed by atoms with Gasteiger partial charge in [-0.15, -0.1) is 0 Å². The summed E-state index contributed by atoms with van der Waals surface area (Å²) in [6.07, 6.45) is 76.1. The van der Waals surface area contributed by atoms with E-state index in [0.717, 1.165) is 32.1 Å². The van der Waals surface area contributed by atoms with Crippen molar-refractivity contribution in [2.75, 3.05) is 6.61 Å². The van der Waals surface area contributed by atoms with E-state index in [1.165, 1.54) is 270 Å². The number of hydrogen-bond acceptors (Lipinski definition) is 3. The van der Waals surface area contributed by atoms with Gasteiger partial charge in [-0.3, -0.25) is 4.79 Å². The fourth-order valence-electron chi connectivity index (χ4n) is 9.13. The number of nitrogens with one attached hydrogen (secondary N) is 1. The number of amides is 1. The highest BCUT2D eigenvalue weighted by atomic mass is 16.3. The molecule has 2 unspecified atom stereocenters. The Morgan fingerprint density at radius 1 is 0.359 bits per heavy atom. The van der Waals surface area contributed by atoms with E-state index in [1.54, 1.807) is 6.08 Å². The van der Waals surface area contributed by atoms with E-state index in [1.807, 2.05) is 6.08 Å². The average molecular weight is 899 g/mol. The predicted octanol–water partition coefficient (Wildman–Crippen LogP) is 19.3. The molecule has 0 aliphatic heterocycles. The van der Waals surface area contributed by atoms with Crippen LogP contribution in [-0.2, 0) is 4.79 Å². The van der Waals surface area contributed by atoms with Crippen LogP contribution in [0.1, 0.15) is 322 Å². The van der Waals surface area contributed by atoms with Crippen LogP contribution in [0.4, 0.5) is 0 Å². The number of unbranched alkanes of at least 4 members (excludes halogenated alkanes) is 43. The summed E-state index contributed by atoms with van der Waals surface area (Å²) in [6.45, 7) is 4.33. The minimum atomic E-state index is -0.861. The minimum Gasteiger partial charge on any atom is -0.394 e. The number of carbonyl (C=O) groups is 1. The van der Waals surface area contributed by atoms with Gasteiger partial charge in [0.15, 0.2) is 0 Å². The lowest BCUT2D eigenvalue weighted by atomic mass is 10.0. The molecule has 64 heavy (non-hydrogen) atoms. The summed E-state index contributed by atoms with van der Waals surface area (Å²) >= 11 is 0. The molecular weight excluding hydrogens is 783 g/mol. The second-order valence-electron chi connectivity index (χ2n) is 20.1. The number of hydrogen-bond donors (Lipinski definition) is 3. The molecule has 0 heterocycles. The van der Waals surface area contributed by atoms with E-state index in [0.29, 0.717) is 6.42 Å². The number of aliphatic hydroxyl groups is 2. The average Bonchev–Trinajstić information content (AvgIpc) is 3.30. The van der Waals surface area contributed by atoms with Gasteiger partial charge in [0, 0.05) is 6.42 Å². The minimum absolute atomic E-state index is 0.0679. The molecule has 0 saturated carbocycles. The van der Waals surface area contributed by atoms with Gasteiger partial charge in [-0.25, -0.2) is 0 Å². The van der Waals surface area contributed by atoms with Crippen LogP contribution in [0.2, 0.25) is 0 Å². The van der Waals surface area contributed by atoms with Crippen molar-refractivity contribution >= 4 is 5.91 Å². The Bertz CT molecular complexity index is 974. The highest BCUT2D eigenvalue weighted by Crippen LogP contribution is 2.17. The molecule has 0 aliphatic carbocycles. The lowest BCUT2D eigenvalue weighted by Gasteiger charge is -2.19. The molecule has 4 heteroatoms. The van der Waals surface area contributed by atoms with E-state index in [2.05, 4.69) is 43.5 Å². The maximum Gasteiger partial charge on any atom is 0.220 e. The number of allylic oxidation sites excluding steroid dienone is 5. The van der Waals surface area contributed by atoms with Gasteiger partial charge in [0.1, 0.15) is 0 Å². The second-order valence-corrected chi connectivity index (χ2v) is 20.1. The van der Waals surface area contributed by atoms with Crippen LogP contribution in [-0.4, -0.2) is 34.9 Å². The molecule has 0 aliphatic rings. The number of aliphatic hydroxyl groups excluding tert-OH is 2. The zero-order valence-electron chi connectivity index (χ0n) is 43.6. The van der Waals surface area contributed by atoms with E-state index in [4.69, 9.17) is 0 Å². The van der Waals surface area contributed by atoms with Crippen molar-refractivity contribution in [3.05, 3.63) is 36.5 Å². The van der Waals surface area contributed by atoms with Crippen LogP contribution in [0.25, 0.3) is 0 Å². The van der Waals surface area contributed by atoms with Gasteiger partial charge in [0.2, 0.25) is 5.91 Å². The van der Waals surface area contributed by atoms with Gasteiger partial charge < -0.3 is 15.5 Å². The second kappa shape index (κ2) is 55.9. The van der Waals surface area contributed by atoms with Gasteiger partial charge in [0.05, 0.1) is 18.8 Å². The van der Waals surface area contributed by atoms with Gasteiger partial charge >= 0.3 is 0 Å². The summed E-state index contributed by atoms with van der Waals surface area (Å²) in [6, 6.07) is -0.637. The zero-order valence-corrected chi connectivity index (χ0v) is 43.6. The maximum absolute atomic E-state index is 12.5. The lowest BCUT2D eigenvalue weighted by Crippen LogP contribution is -2.45. The van der Waals surface area contributed by atoms with Crippen LogP contribution in [0, 0.1) is 0 Å². The molecule has 0 rings (SSSR count). The third-order valence-electron chi connectivity index (χ3n) is 13.6. The van der Waals surface area contributed by atoms with E-state index >= 15 is 0 Å². The van der Waals surface area contributed by atoms with Crippen LogP contribution in [0.15, 0.2) is 36.5 Å². The monoisotopic (exact) mass is 898 g/mol. The Balaban J connectivity index is 3.45. The predicted molar refractivity (Wildman–Crippen MR) is 285 cm³/mol. The largest absolute Gasteiger partial charge is 0.394 e. The molecule has 1 amide bonds. The molecule has 378 valence electrons. The first-order valence-corrected chi connectivity index (χ1v) is 29.2. The van der Waals surface area contributed by atoms with Crippen LogP contribution >= 0.6 is 0 Å². The van der Waals surface area contributed by atoms with Gasteiger partial charge in [-0.1, -0.05) is 294 Å². The summed E-state index contributed by atoms with van der Waals surface area (Å²) in [4.78, 5) is 12.5. The van der Waals surface area contributed by atoms with Crippen molar-refractivity contribution in [2.45, 2.75) is 334 Å². The Labute approximate surface area is 402 Å². The molecule has 0 fully saturated rings. The summed E-state index contributed by atoms with van der Waals surface area (Å²) in [5.41, 5.74) is 0. The summed E-state index contributed by atoms with van der Waals surface area (Å²) in [5, 5.41) is 23.1. The first kappa shape index (κ1) is 62.6. The fraction of sp³-hybridized carbons (Fsp3) is 0.883. The Hall–Kier alpha value is -1.39. The molecule has 0 aromatic heterocycles. The first-order chi connectivity index (χ1) is 31.7. The number of rotatable bonds is 54. The lowest BCUT2D eigenvalue weighted by molar-refractivity contribution is -0.123. The van der Waals surface area contributed by atoms with Crippen molar-refractivity contribution in [2.24, 2.45) is 0 Å². The molecular formula is C60H115NO3. The Kier molecular flexibility index (Phi) is 54.7. The van der Waals surface area contributed by atoms with Gasteiger partial charge in [-0.2, -0.15) is 0 Å². The molecule has 0 aromatic carbocycles. The maximum atomic E-state index is 12.5. The van der Waals surface area contributed by atoms with Gasteiger partial charge in [0.25, 0.3) is 0 Å². The Morgan fingerprint density at radius 3 is 0.906 bits per heavy atom. The van der Waals surface area contributed by atoms with Crippen LogP contribution in [0.5, 0.6) is 0 Å². The normalized spacial score (nSPS) is 13.0. The molecule has 0 aromatic rings. The fourth-order valence-corrected chi connectivity index (χ4v) is 9.13. The molecule has 0 saturated heterocycles. The zero-order chi connectivity index (χ0) is 46.3. The topological polar surface area (TPSA) is 69.6 Å². The summed E-state index contributed by atoms with van der Waals surface area (Å²) in [7, 11) is 0. The molecule has 0 spiro atoms. The molecule has 0 bridgehead atoms. The van der Waals surface area contributed by atoms with Crippen molar-refractivity contribution in [3.8, 4) is 0 Å². The highest BCUT2D eigenvalue weighted by molar-refractivity contribution is 5.76. The highest BCUT2D eigenvalue weighted by Gasteiger charge is 2.18. The molecule has 4 nitrogen and oxygen atoms in total. The SMILES string of the molecule is CCCCCCCCCC/C=C\CCCCCCCCCCCCCCCCCCCCCCCC(=O)NC(CO)C(O)/C=C/CC/C=C/CCCCCCCCCCCCCCC. The third kappa shape index (κ3) is 51.6. The van der Waals surface area contributed by atoms with Crippen molar-refractivity contribution in [1.82, 2.24) is 5.32 Å². The molecule has 2 atom stereocenters. The summed E-state index contributed by atoms with van der Waals surface area (Å²) < 4.78 is 0. The van der Waals surface area contributed by atoms with Crippen LogP contribution < -0.4 is 5.32 Å². The third-order valence-corrected chi connectivity index (χ3v) is 13.6. The van der Waals surface area contributed by atoms with Crippen molar-refractivity contribution < 1.29 is 15.0 Å². The standard InChI is InChI=1S/C60H115NO3/c1-3-5-7-9-11-13-15-17-19-21-23-24-25-26-27-28-29-30-31-32-33-34-35-36-38-40-42-44-46-48-50-52-54-56-60(64)61-58(57-62)59(63)55-53-51-49-47-45-43-41-39-37-22-20-18-16-14-12-10-8-6-4-2/h21,23,45,47,53,55,58-59,62-63H,3-20,22,24-44,46,48-52,54,56-57H2,1-2H3,(H,61,64)/b23-21-,47-45+,55-53+. The molecule has 0 radical (unpaired) electrons. The number of carbonyl (C=O) groups excluding carboxylic acids is 1. The first-order valence-electron chi connectivity index (χ1n) is 29.2. The smallest absolute Gasteiger partial charge is 0.220 e. The van der Waals surface area contributed by atoms with E-state index < -0.39 is 12.1 Å². The molecule has 3 N–H and O–H groups in total. The Morgan fingerprint density at radius 2 is 0.609 bits per heavy atom. The van der Waals surface area contributed by atoms with Crippen LogP contribution in [0.3, 0.4) is 0 Å². The van der Waals surface area contributed by atoms with E-state index in [-0.39, 0.29) is 12.5 Å². The van der Waals surface area contributed by atoms with E-state index in [9.17, 15) is 15.0 Å². The quantitative estimate of drug-likeness (QED) is 0.0421. The van der Waals surface area contributed by atoms with Gasteiger partial charge in [-0.05, 0) is 57.8 Å². The van der Waals surface area contributed by atoms with Crippen molar-refractivity contribution in [3.63, 3.8) is 0 Å². The van der Waals surface area contributed by atoms with Crippen molar-refractivity contribution in [1.29, 1.82) is 0 Å².